The molecule has 2 N–H and O–H groups in total. The number of nitrogens with one attached hydrogen (secondary N) is 2. The molecule has 0 aliphatic carbocycles. The molecule has 3 aromatic carbocycles. The second kappa shape index (κ2) is 11.6. The van der Waals surface area contributed by atoms with Crippen molar-refractivity contribution in [1.29, 1.82) is 0 Å². The normalized spacial score (nSPS) is 11.9. The third-order valence-corrected chi connectivity index (χ3v) is 4.87. The monoisotopic (exact) mass is 447 g/mol. The molecular formula is C26H26FN3O3. The lowest BCUT2D eigenvalue weighted by Gasteiger charge is -2.20. The van der Waals surface area contributed by atoms with Crippen LogP contribution in [0.5, 0.6) is 5.75 Å². The Bertz CT molecular complexity index is 1100. The molecule has 0 saturated carbocycles. The predicted molar refractivity (Wildman–Crippen MR) is 125 cm³/mol. The van der Waals surface area contributed by atoms with Crippen molar-refractivity contribution in [2.45, 2.75) is 26.5 Å². The molecule has 7 heteroatoms. The highest BCUT2D eigenvalue weighted by atomic mass is 19.1. The molecule has 0 heterocycles. The predicted octanol–water partition coefficient (Wildman–Crippen LogP) is 4.31. The van der Waals surface area contributed by atoms with Gasteiger partial charge in [0.25, 0.3) is 11.8 Å². The van der Waals surface area contributed by atoms with Crippen LogP contribution in [0.25, 0.3) is 0 Å². The number of benzene rings is 3. The average Bonchev–Trinajstić information content (AvgIpc) is 2.82. The van der Waals surface area contributed by atoms with Gasteiger partial charge in [0.15, 0.2) is 0 Å². The van der Waals surface area contributed by atoms with Gasteiger partial charge in [0.1, 0.15) is 24.2 Å². The van der Waals surface area contributed by atoms with Crippen LogP contribution in [0.3, 0.4) is 0 Å². The van der Waals surface area contributed by atoms with E-state index in [9.17, 15) is 14.0 Å². The molecule has 0 aliphatic heterocycles. The van der Waals surface area contributed by atoms with Crippen molar-refractivity contribution in [3.63, 3.8) is 0 Å². The van der Waals surface area contributed by atoms with Crippen molar-refractivity contribution in [2.75, 3.05) is 0 Å². The summed E-state index contributed by atoms with van der Waals surface area (Å²) in [5, 5.41) is 6.55. The lowest BCUT2D eigenvalue weighted by Crippen LogP contribution is -2.48. The molecule has 33 heavy (non-hydrogen) atoms. The van der Waals surface area contributed by atoms with Crippen molar-refractivity contribution < 1.29 is 18.7 Å². The fourth-order valence-electron chi connectivity index (χ4n) is 3.03. The number of rotatable bonds is 9. The van der Waals surface area contributed by atoms with Crippen LogP contribution in [-0.4, -0.2) is 24.1 Å². The molecule has 170 valence electrons. The minimum Gasteiger partial charge on any atom is -0.489 e. The molecule has 0 aromatic heterocycles. The summed E-state index contributed by atoms with van der Waals surface area (Å²) >= 11 is 0. The van der Waals surface area contributed by atoms with Crippen molar-refractivity contribution in [1.82, 2.24) is 10.7 Å². The van der Waals surface area contributed by atoms with Gasteiger partial charge >= 0.3 is 0 Å². The molecule has 0 saturated heterocycles. The van der Waals surface area contributed by atoms with E-state index in [1.165, 1.54) is 24.4 Å². The number of ether oxygens (including phenoxy) is 1. The van der Waals surface area contributed by atoms with Gasteiger partial charge in [0, 0.05) is 0 Å². The zero-order valence-electron chi connectivity index (χ0n) is 18.5. The van der Waals surface area contributed by atoms with E-state index in [0.29, 0.717) is 6.61 Å². The Morgan fingerprint density at radius 2 is 1.64 bits per heavy atom. The second-order valence-electron chi connectivity index (χ2n) is 7.75. The SMILES string of the molecule is CC(C)C(NC(=O)c1ccccc1F)C(=O)N/N=C/c1ccc(OCc2ccccc2)cc1. The van der Waals surface area contributed by atoms with Gasteiger partial charge in [-0.05, 0) is 53.4 Å². The molecule has 1 unspecified atom stereocenters. The van der Waals surface area contributed by atoms with Crippen LogP contribution in [-0.2, 0) is 11.4 Å². The Kier molecular flexibility index (Phi) is 8.30. The summed E-state index contributed by atoms with van der Waals surface area (Å²) in [5.41, 5.74) is 4.16. The lowest BCUT2D eigenvalue weighted by atomic mass is 10.0. The molecule has 3 rings (SSSR count). The first-order chi connectivity index (χ1) is 15.9. The van der Waals surface area contributed by atoms with E-state index in [-0.39, 0.29) is 11.5 Å². The summed E-state index contributed by atoms with van der Waals surface area (Å²) < 4.78 is 19.6. The number of hydrogen-bond acceptors (Lipinski definition) is 4. The first kappa shape index (κ1) is 23.7. The van der Waals surface area contributed by atoms with Gasteiger partial charge in [-0.25, -0.2) is 9.82 Å². The molecule has 0 radical (unpaired) electrons. The second-order valence-corrected chi connectivity index (χ2v) is 7.75. The Hall–Kier alpha value is -4.00. The first-order valence-electron chi connectivity index (χ1n) is 10.6. The number of hydrazone groups is 1. The maximum Gasteiger partial charge on any atom is 0.262 e. The summed E-state index contributed by atoms with van der Waals surface area (Å²) in [6, 6.07) is 21.9. The van der Waals surface area contributed by atoms with Gasteiger partial charge in [0.05, 0.1) is 11.8 Å². The fraction of sp³-hybridized carbons (Fsp3) is 0.192. The maximum absolute atomic E-state index is 13.9. The van der Waals surface area contributed by atoms with Crippen molar-refractivity contribution in [2.24, 2.45) is 11.0 Å². The molecule has 0 fully saturated rings. The number of nitrogens with zero attached hydrogens (tertiary/aromatic N) is 1. The molecule has 0 spiro atoms. The van der Waals surface area contributed by atoms with E-state index in [4.69, 9.17) is 4.74 Å². The molecule has 3 aromatic rings. The number of carbonyl (C=O) groups excluding carboxylic acids is 2. The quantitative estimate of drug-likeness (QED) is 0.379. The zero-order chi connectivity index (χ0) is 23.6. The fourth-order valence-corrected chi connectivity index (χ4v) is 3.03. The van der Waals surface area contributed by atoms with Gasteiger partial charge in [-0.2, -0.15) is 5.10 Å². The van der Waals surface area contributed by atoms with Gasteiger partial charge < -0.3 is 10.1 Å². The Morgan fingerprint density at radius 3 is 2.30 bits per heavy atom. The van der Waals surface area contributed by atoms with E-state index >= 15 is 0 Å². The van der Waals surface area contributed by atoms with E-state index in [2.05, 4.69) is 15.8 Å². The van der Waals surface area contributed by atoms with Gasteiger partial charge in [-0.1, -0.05) is 56.3 Å². The number of carbonyl (C=O) groups is 2. The average molecular weight is 448 g/mol. The first-order valence-corrected chi connectivity index (χ1v) is 10.6. The largest absolute Gasteiger partial charge is 0.489 e. The van der Waals surface area contributed by atoms with Crippen molar-refractivity contribution in [3.05, 3.63) is 101 Å². The summed E-state index contributed by atoms with van der Waals surface area (Å²) in [4.78, 5) is 24.9. The number of halogens is 1. The molecular weight excluding hydrogens is 421 g/mol. The van der Waals surface area contributed by atoms with Crippen LogP contribution in [0.2, 0.25) is 0 Å². The molecule has 6 nitrogen and oxygen atoms in total. The lowest BCUT2D eigenvalue weighted by molar-refractivity contribution is -0.123. The highest BCUT2D eigenvalue weighted by molar-refractivity contribution is 5.98. The van der Waals surface area contributed by atoms with Gasteiger partial charge in [-0.3, -0.25) is 9.59 Å². The topological polar surface area (TPSA) is 79.8 Å². The third-order valence-electron chi connectivity index (χ3n) is 4.87. The highest BCUT2D eigenvalue weighted by Gasteiger charge is 2.25. The smallest absolute Gasteiger partial charge is 0.262 e. The summed E-state index contributed by atoms with van der Waals surface area (Å²) in [5.74, 6) is -1.30. The Balaban J connectivity index is 1.53. The van der Waals surface area contributed by atoms with Crippen LogP contribution >= 0.6 is 0 Å². The standard InChI is InChI=1S/C26H26FN3O3/c1-18(2)24(29-25(31)22-10-6-7-11-23(22)27)26(32)30-28-16-19-12-14-21(15-13-19)33-17-20-8-4-3-5-9-20/h3-16,18,24H,17H2,1-2H3,(H,29,31)(H,30,32)/b28-16+. The van der Waals surface area contributed by atoms with Gasteiger partial charge in [-0.15, -0.1) is 0 Å². The highest BCUT2D eigenvalue weighted by Crippen LogP contribution is 2.13. The molecule has 0 aliphatic rings. The van der Waals surface area contributed by atoms with Crippen LogP contribution < -0.4 is 15.5 Å². The van der Waals surface area contributed by atoms with Crippen molar-refractivity contribution in [3.8, 4) is 5.75 Å². The van der Waals surface area contributed by atoms with Gasteiger partial charge in [0.2, 0.25) is 0 Å². The van der Waals surface area contributed by atoms with E-state index in [1.807, 2.05) is 54.6 Å². The van der Waals surface area contributed by atoms with Crippen LogP contribution in [0, 0.1) is 11.7 Å². The Labute approximate surface area is 192 Å². The zero-order valence-corrected chi connectivity index (χ0v) is 18.5. The van der Waals surface area contributed by atoms with E-state index < -0.39 is 23.7 Å². The van der Waals surface area contributed by atoms with E-state index in [0.717, 1.165) is 16.9 Å². The summed E-state index contributed by atoms with van der Waals surface area (Å²) in [6.45, 7) is 4.03. The molecule has 0 bridgehead atoms. The van der Waals surface area contributed by atoms with Crippen molar-refractivity contribution >= 4 is 18.0 Å². The summed E-state index contributed by atoms with van der Waals surface area (Å²) in [7, 11) is 0. The number of hydrogen-bond donors (Lipinski definition) is 2. The summed E-state index contributed by atoms with van der Waals surface area (Å²) in [6.07, 6.45) is 1.49. The minimum absolute atomic E-state index is 0.117. The number of amides is 2. The maximum atomic E-state index is 13.9. The van der Waals surface area contributed by atoms with Crippen LogP contribution in [0.4, 0.5) is 4.39 Å². The Morgan fingerprint density at radius 1 is 0.970 bits per heavy atom. The van der Waals surface area contributed by atoms with Crippen LogP contribution in [0.1, 0.15) is 35.3 Å². The minimum atomic E-state index is -0.872. The van der Waals surface area contributed by atoms with Crippen LogP contribution in [0.15, 0.2) is 84.0 Å². The third kappa shape index (κ3) is 7.00. The molecule has 1 atom stereocenters. The molecule has 2 amide bonds. The van der Waals surface area contributed by atoms with E-state index in [1.54, 1.807) is 19.9 Å².